The summed E-state index contributed by atoms with van der Waals surface area (Å²) >= 11 is 0. The zero-order valence-corrected chi connectivity index (χ0v) is 20.0. The number of rotatable bonds is 4. The summed E-state index contributed by atoms with van der Waals surface area (Å²) in [6, 6.07) is 33.5. The zero-order valence-electron chi connectivity index (χ0n) is 20.0. The van der Waals surface area contributed by atoms with Crippen molar-refractivity contribution in [1.29, 1.82) is 0 Å². The summed E-state index contributed by atoms with van der Waals surface area (Å²) in [6.07, 6.45) is 2.50. The van der Waals surface area contributed by atoms with E-state index in [1.54, 1.807) is 7.11 Å². The lowest BCUT2D eigenvalue weighted by Crippen LogP contribution is -2.44. The Balaban J connectivity index is 1.57. The summed E-state index contributed by atoms with van der Waals surface area (Å²) in [5, 5.41) is 9.41. The van der Waals surface area contributed by atoms with Gasteiger partial charge in [0, 0.05) is 23.1 Å². The molecule has 1 aliphatic heterocycles. The number of benzene rings is 4. The van der Waals surface area contributed by atoms with Crippen LogP contribution in [0.5, 0.6) is 11.5 Å². The molecule has 0 spiro atoms. The van der Waals surface area contributed by atoms with E-state index < -0.39 is 5.54 Å². The molecule has 2 heterocycles. The summed E-state index contributed by atoms with van der Waals surface area (Å²) in [5.41, 5.74) is 7.26. The fraction of sp³-hybridized carbons (Fsp3) is 0.161. The van der Waals surface area contributed by atoms with Crippen LogP contribution < -0.4 is 9.47 Å². The second kappa shape index (κ2) is 8.09. The van der Waals surface area contributed by atoms with E-state index in [0.717, 1.165) is 58.7 Å². The lowest BCUT2D eigenvalue weighted by Gasteiger charge is -2.44. The van der Waals surface area contributed by atoms with E-state index in [-0.39, 0.29) is 0 Å². The third-order valence-corrected chi connectivity index (χ3v) is 7.54. The van der Waals surface area contributed by atoms with Crippen molar-refractivity contribution in [3.8, 4) is 11.5 Å². The van der Waals surface area contributed by atoms with Crippen LogP contribution in [0.4, 0.5) is 0 Å². The average Bonchev–Trinajstić information content (AvgIpc) is 3.38. The average molecular weight is 472 g/mol. The Hall–Kier alpha value is -4.38. The normalized spacial score (nSPS) is 18.2. The number of methoxy groups -OCH3 is 1. The van der Waals surface area contributed by atoms with Crippen molar-refractivity contribution < 1.29 is 9.47 Å². The maximum absolute atomic E-state index is 6.72. The molecule has 0 saturated carbocycles. The number of ether oxygens (including phenoxy) is 2. The van der Waals surface area contributed by atoms with Crippen LogP contribution in [0.15, 0.2) is 103 Å². The van der Waals surface area contributed by atoms with Gasteiger partial charge in [-0.05, 0) is 60.4 Å². The SMILES string of the molecule is COc1ccc2c(c1)CCC1=C2Oc2ccccc2C1(Cc1ccccc1)n1nnc2ccccc21. The predicted molar refractivity (Wildman–Crippen MR) is 140 cm³/mol. The fourth-order valence-corrected chi connectivity index (χ4v) is 5.90. The Labute approximate surface area is 209 Å². The second-order valence-electron chi connectivity index (χ2n) is 9.44. The van der Waals surface area contributed by atoms with Crippen molar-refractivity contribution in [3.63, 3.8) is 0 Å². The molecule has 36 heavy (non-hydrogen) atoms. The Kier molecular flexibility index (Phi) is 4.71. The van der Waals surface area contributed by atoms with Gasteiger partial charge in [-0.1, -0.05) is 65.9 Å². The van der Waals surface area contributed by atoms with Crippen molar-refractivity contribution in [2.24, 2.45) is 0 Å². The number of nitrogens with zero attached hydrogens (tertiary/aromatic N) is 3. The monoisotopic (exact) mass is 471 g/mol. The molecule has 4 aromatic carbocycles. The van der Waals surface area contributed by atoms with Crippen molar-refractivity contribution >= 4 is 16.8 Å². The molecule has 0 saturated heterocycles. The van der Waals surface area contributed by atoms with Crippen LogP contribution in [0.25, 0.3) is 16.8 Å². The van der Waals surface area contributed by atoms with E-state index in [9.17, 15) is 0 Å². The number of para-hydroxylation sites is 2. The third-order valence-electron chi connectivity index (χ3n) is 7.54. The van der Waals surface area contributed by atoms with Crippen LogP contribution >= 0.6 is 0 Å². The van der Waals surface area contributed by atoms with Gasteiger partial charge < -0.3 is 9.47 Å². The number of aromatic nitrogens is 3. The molecule has 1 aliphatic carbocycles. The zero-order chi connectivity index (χ0) is 24.1. The molecule has 0 amide bonds. The highest BCUT2D eigenvalue weighted by molar-refractivity contribution is 5.80. The molecule has 7 rings (SSSR count). The highest BCUT2D eigenvalue weighted by Gasteiger charge is 2.48. The van der Waals surface area contributed by atoms with E-state index in [2.05, 4.69) is 82.6 Å². The quantitative estimate of drug-likeness (QED) is 0.314. The van der Waals surface area contributed by atoms with Gasteiger partial charge in [-0.3, -0.25) is 0 Å². The second-order valence-corrected chi connectivity index (χ2v) is 9.44. The topological polar surface area (TPSA) is 49.2 Å². The number of fused-ring (bicyclic) bond motifs is 4. The third kappa shape index (κ3) is 3.02. The minimum Gasteiger partial charge on any atom is -0.497 e. The maximum atomic E-state index is 6.72. The van der Waals surface area contributed by atoms with E-state index in [0.29, 0.717) is 0 Å². The molecule has 5 aromatic rings. The lowest BCUT2D eigenvalue weighted by atomic mass is 9.70. The highest BCUT2D eigenvalue weighted by Crippen LogP contribution is 2.53. The smallest absolute Gasteiger partial charge is 0.136 e. The Morgan fingerprint density at radius 2 is 1.69 bits per heavy atom. The molecule has 1 unspecified atom stereocenters. The lowest BCUT2D eigenvalue weighted by molar-refractivity contribution is 0.324. The van der Waals surface area contributed by atoms with Crippen LogP contribution in [0.2, 0.25) is 0 Å². The molecule has 1 aromatic heterocycles. The molecule has 0 N–H and O–H groups in total. The van der Waals surface area contributed by atoms with E-state index >= 15 is 0 Å². The number of allylic oxidation sites excluding steroid dienone is 1. The van der Waals surface area contributed by atoms with Crippen molar-refractivity contribution in [1.82, 2.24) is 15.0 Å². The van der Waals surface area contributed by atoms with Crippen LogP contribution in [0, 0.1) is 0 Å². The van der Waals surface area contributed by atoms with Crippen molar-refractivity contribution in [2.45, 2.75) is 24.8 Å². The van der Waals surface area contributed by atoms with Gasteiger partial charge in [0.15, 0.2) is 0 Å². The van der Waals surface area contributed by atoms with E-state index in [1.807, 2.05) is 24.3 Å². The summed E-state index contributed by atoms with van der Waals surface area (Å²) in [7, 11) is 1.71. The molecule has 1 atom stereocenters. The van der Waals surface area contributed by atoms with Crippen LogP contribution in [-0.4, -0.2) is 22.1 Å². The first-order chi connectivity index (χ1) is 17.8. The largest absolute Gasteiger partial charge is 0.497 e. The minimum atomic E-state index is -0.584. The van der Waals surface area contributed by atoms with Gasteiger partial charge in [0.2, 0.25) is 0 Å². The Bertz CT molecular complexity index is 1640. The summed E-state index contributed by atoms with van der Waals surface area (Å²) in [4.78, 5) is 0. The van der Waals surface area contributed by atoms with Gasteiger partial charge in [0.1, 0.15) is 28.3 Å². The first kappa shape index (κ1) is 20.9. The first-order valence-electron chi connectivity index (χ1n) is 12.3. The van der Waals surface area contributed by atoms with Crippen LogP contribution in [-0.2, 0) is 18.4 Å². The summed E-state index contributed by atoms with van der Waals surface area (Å²) < 4.78 is 14.4. The minimum absolute atomic E-state index is 0.584. The summed E-state index contributed by atoms with van der Waals surface area (Å²) in [6.45, 7) is 0. The van der Waals surface area contributed by atoms with Gasteiger partial charge in [-0.2, -0.15) is 0 Å². The van der Waals surface area contributed by atoms with Gasteiger partial charge in [-0.15, -0.1) is 5.10 Å². The molecule has 0 bridgehead atoms. The molecule has 176 valence electrons. The van der Waals surface area contributed by atoms with Crippen molar-refractivity contribution in [2.75, 3.05) is 7.11 Å². The van der Waals surface area contributed by atoms with Crippen molar-refractivity contribution in [3.05, 3.63) is 125 Å². The van der Waals surface area contributed by atoms with Gasteiger partial charge in [0.05, 0.1) is 12.6 Å². The standard InChI is InChI=1S/C31H25N3O2/c1-35-23-16-17-24-22(19-23)15-18-26-30(24)36-29-14-8-5-11-25(29)31(26,20-21-9-3-2-4-10-21)34-28-13-7-6-12-27(28)32-33-34/h2-14,16-17,19H,15,18,20H2,1H3. The Morgan fingerprint density at radius 1 is 0.889 bits per heavy atom. The molecule has 5 nitrogen and oxygen atoms in total. The molecule has 0 radical (unpaired) electrons. The fourth-order valence-electron chi connectivity index (χ4n) is 5.90. The molecule has 0 fully saturated rings. The molecule has 5 heteroatoms. The molecule has 2 aliphatic rings. The molecular formula is C31H25N3O2. The number of hydrogen-bond acceptors (Lipinski definition) is 4. The van der Waals surface area contributed by atoms with Gasteiger partial charge in [0.25, 0.3) is 0 Å². The van der Waals surface area contributed by atoms with E-state index in [4.69, 9.17) is 14.7 Å². The maximum Gasteiger partial charge on any atom is 0.136 e. The Morgan fingerprint density at radius 3 is 2.58 bits per heavy atom. The molecular weight excluding hydrogens is 446 g/mol. The summed E-state index contributed by atoms with van der Waals surface area (Å²) in [5.74, 6) is 2.65. The predicted octanol–water partition coefficient (Wildman–Crippen LogP) is 6.18. The highest BCUT2D eigenvalue weighted by atomic mass is 16.5. The van der Waals surface area contributed by atoms with Crippen LogP contribution in [0.3, 0.4) is 0 Å². The van der Waals surface area contributed by atoms with Crippen LogP contribution in [0.1, 0.15) is 28.7 Å². The van der Waals surface area contributed by atoms with E-state index in [1.165, 1.54) is 16.7 Å². The number of hydrogen-bond donors (Lipinski definition) is 0. The first-order valence-corrected chi connectivity index (χ1v) is 12.3. The number of aryl methyl sites for hydroxylation is 1. The van der Waals surface area contributed by atoms with Gasteiger partial charge >= 0.3 is 0 Å². The van der Waals surface area contributed by atoms with Gasteiger partial charge in [-0.25, -0.2) is 4.68 Å².